The third-order valence-electron chi connectivity index (χ3n) is 4.41. The maximum Gasteiger partial charge on any atom is 0.287 e. The van der Waals surface area contributed by atoms with Gasteiger partial charge in [0.05, 0.1) is 23.3 Å². The number of benzene rings is 1. The van der Waals surface area contributed by atoms with E-state index in [1.165, 1.54) is 24.1 Å². The van der Waals surface area contributed by atoms with Crippen molar-refractivity contribution in [3.8, 4) is 0 Å². The Balaban J connectivity index is 1.50. The van der Waals surface area contributed by atoms with Crippen LogP contribution in [0.1, 0.15) is 46.0 Å². The van der Waals surface area contributed by atoms with Crippen LogP contribution in [0.4, 0.5) is 0 Å². The average Bonchev–Trinajstić information content (AvgIpc) is 3.16. The third kappa shape index (κ3) is 2.60. The summed E-state index contributed by atoms with van der Waals surface area (Å²) < 4.78 is 0. The van der Waals surface area contributed by atoms with Gasteiger partial charge in [0.15, 0.2) is 5.82 Å². The highest BCUT2D eigenvalue weighted by molar-refractivity contribution is 5.94. The van der Waals surface area contributed by atoms with Gasteiger partial charge in [0, 0.05) is 5.69 Å². The van der Waals surface area contributed by atoms with Crippen molar-refractivity contribution < 1.29 is 4.79 Å². The van der Waals surface area contributed by atoms with Gasteiger partial charge in [-0.1, -0.05) is 6.07 Å². The number of carbonyl (C=O) groups is 1. The smallest absolute Gasteiger partial charge is 0.287 e. The number of hydrogen-bond acceptors (Lipinski definition) is 3. The van der Waals surface area contributed by atoms with Gasteiger partial charge in [-0.15, -0.1) is 0 Å². The zero-order valence-corrected chi connectivity index (χ0v) is 13.1. The maximum atomic E-state index is 12.3. The van der Waals surface area contributed by atoms with E-state index >= 15 is 0 Å². The SMILES string of the molecule is Cc1ccc2nc(C(=O)NCc3n[nH]c4c3CCCC4)[nH]c2c1. The Morgan fingerprint density at radius 3 is 3.09 bits per heavy atom. The molecule has 0 saturated carbocycles. The fraction of sp³-hybridized carbons (Fsp3) is 0.353. The Labute approximate surface area is 133 Å². The predicted molar refractivity (Wildman–Crippen MR) is 87.2 cm³/mol. The molecule has 0 bridgehead atoms. The Morgan fingerprint density at radius 1 is 1.30 bits per heavy atom. The van der Waals surface area contributed by atoms with E-state index in [0.29, 0.717) is 12.4 Å². The van der Waals surface area contributed by atoms with Crippen molar-refractivity contribution >= 4 is 16.9 Å². The molecule has 0 saturated heterocycles. The standard InChI is InChI=1S/C17H19N5O/c1-10-6-7-13-14(8-10)20-16(19-13)17(23)18-9-15-11-4-2-3-5-12(11)21-22-15/h6-8H,2-5,9H2,1H3,(H,18,23)(H,19,20)(H,21,22). The molecule has 0 spiro atoms. The summed E-state index contributed by atoms with van der Waals surface area (Å²) in [5, 5.41) is 10.4. The van der Waals surface area contributed by atoms with Crippen LogP contribution in [0.25, 0.3) is 11.0 Å². The number of amides is 1. The van der Waals surface area contributed by atoms with Gasteiger partial charge in [-0.05, 0) is 55.9 Å². The van der Waals surface area contributed by atoms with Gasteiger partial charge in [-0.25, -0.2) is 4.98 Å². The number of rotatable bonds is 3. The Hall–Kier alpha value is -2.63. The quantitative estimate of drug-likeness (QED) is 0.694. The largest absolute Gasteiger partial charge is 0.344 e. The minimum Gasteiger partial charge on any atom is -0.344 e. The van der Waals surface area contributed by atoms with Crippen molar-refractivity contribution in [1.82, 2.24) is 25.5 Å². The summed E-state index contributed by atoms with van der Waals surface area (Å²) in [6, 6.07) is 5.89. The number of aromatic amines is 2. The van der Waals surface area contributed by atoms with Gasteiger partial charge in [0.2, 0.25) is 0 Å². The summed E-state index contributed by atoms with van der Waals surface area (Å²) in [6.07, 6.45) is 4.50. The zero-order chi connectivity index (χ0) is 15.8. The first-order chi connectivity index (χ1) is 11.2. The number of hydrogen-bond donors (Lipinski definition) is 3. The lowest BCUT2D eigenvalue weighted by Crippen LogP contribution is -2.24. The van der Waals surface area contributed by atoms with Gasteiger partial charge in [-0.2, -0.15) is 5.10 Å². The van der Waals surface area contributed by atoms with Crippen molar-refractivity contribution in [2.45, 2.75) is 39.2 Å². The van der Waals surface area contributed by atoms with E-state index in [1.807, 2.05) is 25.1 Å². The van der Waals surface area contributed by atoms with Gasteiger partial charge >= 0.3 is 0 Å². The van der Waals surface area contributed by atoms with E-state index in [-0.39, 0.29) is 5.91 Å². The molecule has 3 N–H and O–H groups in total. The number of carbonyl (C=O) groups excluding carboxylic acids is 1. The second kappa shape index (κ2) is 5.53. The lowest BCUT2D eigenvalue weighted by Gasteiger charge is -2.11. The summed E-state index contributed by atoms with van der Waals surface area (Å²) >= 11 is 0. The fourth-order valence-electron chi connectivity index (χ4n) is 3.17. The lowest BCUT2D eigenvalue weighted by atomic mass is 9.96. The van der Waals surface area contributed by atoms with Crippen molar-refractivity contribution in [3.63, 3.8) is 0 Å². The van der Waals surface area contributed by atoms with Crippen molar-refractivity contribution in [3.05, 3.63) is 46.5 Å². The van der Waals surface area contributed by atoms with Crippen LogP contribution < -0.4 is 5.32 Å². The van der Waals surface area contributed by atoms with E-state index in [0.717, 1.165) is 35.1 Å². The van der Waals surface area contributed by atoms with Crippen LogP contribution in [0.2, 0.25) is 0 Å². The number of nitrogens with one attached hydrogen (secondary N) is 3. The van der Waals surface area contributed by atoms with Crippen LogP contribution in [-0.4, -0.2) is 26.1 Å². The third-order valence-corrected chi connectivity index (χ3v) is 4.41. The second-order valence-corrected chi connectivity index (χ2v) is 6.12. The van der Waals surface area contributed by atoms with Crippen molar-refractivity contribution in [2.24, 2.45) is 0 Å². The molecule has 23 heavy (non-hydrogen) atoms. The summed E-state index contributed by atoms with van der Waals surface area (Å²) in [5.41, 5.74) is 6.26. The fourth-order valence-corrected chi connectivity index (χ4v) is 3.17. The van der Waals surface area contributed by atoms with Crippen LogP contribution in [0.3, 0.4) is 0 Å². The number of nitrogens with zero attached hydrogens (tertiary/aromatic N) is 2. The molecule has 4 rings (SSSR count). The van der Waals surface area contributed by atoms with Crippen LogP contribution in [-0.2, 0) is 19.4 Å². The first-order valence-corrected chi connectivity index (χ1v) is 8.00. The maximum absolute atomic E-state index is 12.3. The Kier molecular flexibility index (Phi) is 3.37. The molecular weight excluding hydrogens is 290 g/mol. The molecule has 1 aromatic carbocycles. The summed E-state index contributed by atoms with van der Waals surface area (Å²) in [4.78, 5) is 19.7. The van der Waals surface area contributed by atoms with Crippen LogP contribution >= 0.6 is 0 Å². The number of aryl methyl sites for hydroxylation is 2. The van der Waals surface area contributed by atoms with Gasteiger partial charge in [0.25, 0.3) is 5.91 Å². The van der Waals surface area contributed by atoms with E-state index in [1.54, 1.807) is 0 Å². The molecule has 0 radical (unpaired) electrons. The van der Waals surface area contributed by atoms with Crippen LogP contribution in [0.15, 0.2) is 18.2 Å². The second-order valence-electron chi connectivity index (χ2n) is 6.12. The molecule has 0 unspecified atom stereocenters. The first kappa shape index (κ1) is 14.0. The van der Waals surface area contributed by atoms with E-state index in [4.69, 9.17) is 0 Å². The molecule has 0 fully saturated rings. The number of H-pyrrole nitrogens is 2. The molecule has 0 atom stereocenters. The summed E-state index contributed by atoms with van der Waals surface area (Å²) in [5.74, 6) is 0.140. The lowest BCUT2D eigenvalue weighted by molar-refractivity contribution is 0.0941. The van der Waals surface area contributed by atoms with Gasteiger partial charge in [0.1, 0.15) is 0 Å². The Morgan fingerprint density at radius 2 is 2.17 bits per heavy atom. The molecule has 1 amide bonds. The monoisotopic (exact) mass is 309 g/mol. The average molecular weight is 309 g/mol. The van der Waals surface area contributed by atoms with E-state index < -0.39 is 0 Å². The van der Waals surface area contributed by atoms with Crippen LogP contribution in [0, 0.1) is 6.92 Å². The highest BCUT2D eigenvalue weighted by atomic mass is 16.2. The molecule has 1 aliphatic carbocycles. The number of aromatic nitrogens is 4. The molecule has 6 nitrogen and oxygen atoms in total. The minimum absolute atomic E-state index is 0.202. The molecular formula is C17H19N5O. The highest BCUT2D eigenvalue weighted by Crippen LogP contribution is 2.22. The topological polar surface area (TPSA) is 86.5 Å². The molecule has 2 heterocycles. The number of fused-ring (bicyclic) bond motifs is 2. The van der Waals surface area contributed by atoms with Crippen LogP contribution in [0.5, 0.6) is 0 Å². The molecule has 6 heteroatoms. The zero-order valence-electron chi connectivity index (χ0n) is 13.1. The summed E-state index contributed by atoms with van der Waals surface area (Å²) in [7, 11) is 0. The van der Waals surface area contributed by atoms with Gasteiger partial charge in [-0.3, -0.25) is 9.89 Å². The molecule has 0 aliphatic heterocycles. The number of imidazole rings is 1. The normalized spacial score (nSPS) is 14.0. The van der Waals surface area contributed by atoms with Gasteiger partial charge < -0.3 is 10.3 Å². The molecule has 2 aromatic heterocycles. The van der Waals surface area contributed by atoms with Crippen molar-refractivity contribution in [2.75, 3.05) is 0 Å². The molecule has 3 aromatic rings. The van der Waals surface area contributed by atoms with E-state index in [2.05, 4.69) is 25.5 Å². The highest BCUT2D eigenvalue weighted by Gasteiger charge is 2.18. The molecule has 118 valence electrons. The Bertz CT molecular complexity index is 876. The molecule has 1 aliphatic rings. The van der Waals surface area contributed by atoms with E-state index in [9.17, 15) is 4.79 Å². The van der Waals surface area contributed by atoms with Crippen molar-refractivity contribution in [1.29, 1.82) is 0 Å². The minimum atomic E-state index is -0.202. The summed E-state index contributed by atoms with van der Waals surface area (Å²) in [6.45, 7) is 2.45. The first-order valence-electron chi connectivity index (χ1n) is 8.00. The predicted octanol–water partition coefficient (Wildman–Crippen LogP) is 2.40.